The van der Waals surface area contributed by atoms with E-state index in [1.54, 1.807) is 0 Å². The third-order valence-corrected chi connectivity index (χ3v) is 5.15. The fourth-order valence-electron chi connectivity index (χ4n) is 3.47. The monoisotopic (exact) mass is 380 g/mol. The van der Waals surface area contributed by atoms with Crippen molar-refractivity contribution in [1.82, 2.24) is 19.8 Å². The van der Waals surface area contributed by atoms with Crippen LogP contribution in [0, 0.1) is 5.92 Å². The summed E-state index contributed by atoms with van der Waals surface area (Å²) in [4.78, 5) is 0. The Hall–Kier alpha value is -2.67. The van der Waals surface area contributed by atoms with Gasteiger partial charge in [-0.3, -0.25) is 0 Å². The largest absolute Gasteiger partial charge is 0.381 e. The van der Waals surface area contributed by atoms with Crippen LogP contribution in [-0.2, 0) is 11.3 Å². The van der Waals surface area contributed by atoms with Crippen LogP contribution in [0.1, 0.15) is 44.0 Å². The molecule has 0 spiro atoms. The summed E-state index contributed by atoms with van der Waals surface area (Å²) in [7, 11) is 0. The van der Waals surface area contributed by atoms with Gasteiger partial charge in [0.2, 0.25) is 5.65 Å². The summed E-state index contributed by atoms with van der Waals surface area (Å²) in [5, 5.41) is 20.5. The molecule has 0 aliphatic carbocycles. The lowest BCUT2D eigenvalue weighted by atomic mass is 10.0. The Morgan fingerprint density at radius 2 is 1.89 bits per heavy atom. The summed E-state index contributed by atoms with van der Waals surface area (Å²) < 4.78 is 7.33. The number of nitrogens with one attached hydrogen (secondary N) is 2. The molecular formula is C21H28N6O. The van der Waals surface area contributed by atoms with Crippen molar-refractivity contribution in [3.8, 4) is 0 Å². The fourth-order valence-corrected chi connectivity index (χ4v) is 3.47. The zero-order chi connectivity index (χ0) is 19.3. The highest BCUT2D eigenvalue weighted by Crippen LogP contribution is 2.23. The van der Waals surface area contributed by atoms with Crippen LogP contribution in [0.5, 0.6) is 0 Å². The summed E-state index contributed by atoms with van der Waals surface area (Å²) in [6.45, 7) is 7.55. The SMILES string of the molecule is CC(C)c1nnc2c(NCc3ccccc3)cc(NCC3CCOCC3)nn12. The number of anilines is 2. The van der Waals surface area contributed by atoms with E-state index in [-0.39, 0.29) is 5.92 Å². The summed E-state index contributed by atoms with van der Waals surface area (Å²) in [6, 6.07) is 12.4. The zero-order valence-corrected chi connectivity index (χ0v) is 16.6. The van der Waals surface area contributed by atoms with Gasteiger partial charge in [-0.1, -0.05) is 44.2 Å². The lowest BCUT2D eigenvalue weighted by Gasteiger charge is -2.22. The number of hydrogen-bond acceptors (Lipinski definition) is 6. The molecule has 1 aromatic carbocycles. The first-order valence-electron chi connectivity index (χ1n) is 10.1. The highest BCUT2D eigenvalue weighted by molar-refractivity contribution is 5.70. The molecule has 2 aromatic heterocycles. The van der Waals surface area contributed by atoms with Crippen molar-refractivity contribution < 1.29 is 4.74 Å². The van der Waals surface area contributed by atoms with E-state index in [0.29, 0.717) is 5.92 Å². The van der Waals surface area contributed by atoms with Crippen LogP contribution in [-0.4, -0.2) is 39.6 Å². The lowest BCUT2D eigenvalue weighted by molar-refractivity contribution is 0.0699. The van der Waals surface area contributed by atoms with E-state index in [0.717, 1.165) is 62.1 Å². The highest BCUT2D eigenvalue weighted by Gasteiger charge is 2.17. The van der Waals surface area contributed by atoms with Crippen LogP contribution in [0.2, 0.25) is 0 Å². The topological polar surface area (TPSA) is 76.4 Å². The Labute approximate surface area is 165 Å². The molecule has 28 heavy (non-hydrogen) atoms. The van der Waals surface area contributed by atoms with Crippen LogP contribution in [0.25, 0.3) is 5.65 Å². The van der Waals surface area contributed by atoms with Gasteiger partial charge in [-0.15, -0.1) is 15.3 Å². The molecule has 4 rings (SSSR count). The van der Waals surface area contributed by atoms with Crippen LogP contribution in [0.4, 0.5) is 11.5 Å². The maximum atomic E-state index is 5.46. The van der Waals surface area contributed by atoms with Crippen LogP contribution in [0.3, 0.4) is 0 Å². The fraction of sp³-hybridized carbons (Fsp3) is 0.476. The molecule has 1 aliphatic heterocycles. The zero-order valence-electron chi connectivity index (χ0n) is 16.6. The van der Waals surface area contributed by atoms with Crippen molar-refractivity contribution >= 4 is 17.2 Å². The smallest absolute Gasteiger partial charge is 0.201 e. The Bertz CT molecular complexity index is 902. The summed E-state index contributed by atoms with van der Waals surface area (Å²) in [6.07, 6.45) is 2.19. The molecule has 7 heteroatoms. The van der Waals surface area contributed by atoms with Crippen molar-refractivity contribution in [1.29, 1.82) is 0 Å². The number of benzene rings is 1. The van der Waals surface area contributed by atoms with E-state index in [1.165, 1.54) is 5.56 Å². The quantitative estimate of drug-likeness (QED) is 0.651. The minimum Gasteiger partial charge on any atom is -0.381 e. The summed E-state index contributed by atoms with van der Waals surface area (Å²) in [5.41, 5.74) is 2.92. The maximum Gasteiger partial charge on any atom is 0.201 e. The van der Waals surface area contributed by atoms with E-state index in [2.05, 4.69) is 46.8 Å². The van der Waals surface area contributed by atoms with Gasteiger partial charge in [0.1, 0.15) is 5.82 Å². The maximum absolute atomic E-state index is 5.46. The number of nitrogens with zero attached hydrogens (tertiary/aromatic N) is 4. The van der Waals surface area contributed by atoms with Gasteiger partial charge in [0.25, 0.3) is 0 Å². The number of aromatic nitrogens is 4. The minimum atomic E-state index is 0.246. The van der Waals surface area contributed by atoms with Gasteiger partial charge in [-0.05, 0) is 24.3 Å². The molecule has 3 heterocycles. The molecule has 3 aromatic rings. The van der Waals surface area contributed by atoms with Crippen LogP contribution >= 0.6 is 0 Å². The highest BCUT2D eigenvalue weighted by atomic mass is 16.5. The van der Waals surface area contributed by atoms with Gasteiger partial charge in [0.15, 0.2) is 5.82 Å². The number of ether oxygens (including phenoxy) is 1. The Morgan fingerprint density at radius 3 is 2.64 bits per heavy atom. The normalized spacial score (nSPS) is 15.2. The molecular weight excluding hydrogens is 352 g/mol. The van der Waals surface area contributed by atoms with E-state index in [1.807, 2.05) is 28.8 Å². The first kappa shape index (κ1) is 18.7. The van der Waals surface area contributed by atoms with Crippen molar-refractivity contribution in [2.75, 3.05) is 30.4 Å². The first-order chi connectivity index (χ1) is 13.7. The van der Waals surface area contributed by atoms with Gasteiger partial charge in [0, 0.05) is 38.3 Å². The molecule has 7 nitrogen and oxygen atoms in total. The Morgan fingerprint density at radius 1 is 1.11 bits per heavy atom. The average Bonchev–Trinajstić information content (AvgIpc) is 3.16. The number of fused-ring (bicyclic) bond motifs is 1. The van der Waals surface area contributed by atoms with E-state index in [9.17, 15) is 0 Å². The lowest BCUT2D eigenvalue weighted by Crippen LogP contribution is -2.23. The first-order valence-corrected chi connectivity index (χ1v) is 10.1. The molecule has 2 N–H and O–H groups in total. The third-order valence-electron chi connectivity index (χ3n) is 5.15. The third kappa shape index (κ3) is 4.25. The molecule has 0 saturated carbocycles. The van der Waals surface area contributed by atoms with Crippen molar-refractivity contribution in [2.24, 2.45) is 5.92 Å². The number of rotatable bonds is 7. The predicted molar refractivity (Wildman–Crippen MR) is 111 cm³/mol. The predicted octanol–water partition coefficient (Wildman–Crippen LogP) is 3.70. The van der Waals surface area contributed by atoms with Crippen LogP contribution in [0.15, 0.2) is 36.4 Å². The average molecular weight is 380 g/mol. The molecule has 1 fully saturated rings. The minimum absolute atomic E-state index is 0.246. The van der Waals surface area contributed by atoms with E-state index >= 15 is 0 Å². The molecule has 0 bridgehead atoms. The summed E-state index contributed by atoms with van der Waals surface area (Å²) >= 11 is 0. The van der Waals surface area contributed by atoms with Gasteiger partial charge < -0.3 is 15.4 Å². The number of hydrogen-bond donors (Lipinski definition) is 2. The Kier molecular flexibility index (Phi) is 5.71. The van der Waals surface area contributed by atoms with E-state index < -0.39 is 0 Å². The van der Waals surface area contributed by atoms with Gasteiger partial charge in [0.05, 0.1) is 5.69 Å². The molecule has 1 aliphatic rings. The van der Waals surface area contributed by atoms with Gasteiger partial charge >= 0.3 is 0 Å². The second kappa shape index (κ2) is 8.56. The molecule has 1 saturated heterocycles. The van der Waals surface area contributed by atoms with Crippen molar-refractivity contribution in [2.45, 2.75) is 39.2 Å². The molecule has 0 atom stereocenters. The van der Waals surface area contributed by atoms with Gasteiger partial charge in [-0.2, -0.15) is 4.52 Å². The standard InChI is InChI=1S/C21H28N6O/c1-15(2)20-24-25-21-18(22-13-16-6-4-3-5-7-16)12-19(26-27(20)21)23-14-17-8-10-28-11-9-17/h3-7,12,15,17,22H,8-11,13-14H2,1-2H3,(H,23,26). The second-order valence-electron chi connectivity index (χ2n) is 7.67. The van der Waals surface area contributed by atoms with Crippen LogP contribution < -0.4 is 10.6 Å². The Balaban J connectivity index is 1.58. The molecule has 0 unspecified atom stereocenters. The second-order valence-corrected chi connectivity index (χ2v) is 7.67. The molecule has 0 amide bonds. The van der Waals surface area contributed by atoms with Crippen molar-refractivity contribution in [3.63, 3.8) is 0 Å². The van der Waals surface area contributed by atoms with Gasteiger partial charge in [-0.25, -0.2) is 0 Å². The van der Waals surface area contributed by atoms with E-state index in [4.69, 9.17) is 9.84 Å². The van der Waals surface area contributed by atoms with Crippen molar-refractivity contribution in [3.05, 3.63) is 47.8 Å². The molecule has 0 radical (unpaired) electrons. The molecule has 148 valence electrons. The summed E-state index contributed by atoms with van der Waals surface area (Å²) in [5.74, 6) is 2.58.